The Kier molecular flexibility index (Phi) is 7.61. The Morgan fingerprint density at radius 1 is 0.767 bits per heavy atom. The first kappa shape index (κ1) is 21.1. The van der Waals surface area contributed by atoms with Crippen molar-refractivity contribution in [1.29, 1.82) is 0 Å². The van der Waals surface area contributed by atoms with Crippen molar-refractivity contribution in [3.8, 4) is 5.75 Å². The maximum Gasteiger partial charge on any atom is 0.239 e. The minimum atomic E-state index is -0.226. The Balaban J connectivity index is 1.37. The predicted molar refractivity (Wildman–Crippen MR) is 117 cm³/mol. The molecular weight excluding hydrogens is 376 g/mol. The third-order valence-electron chi connectivity index (χ3n) is 4.55. The first-order valence-corrected chi connectivity index (χ1v) is 9.93. The molecule has 0 aliphatic heterocycles. The molecule has 0 bridgehead atoms. The second kappa shape index (κ2) is 10.8. The van der Waals surface area contributed by atoms with Crippen LogP contribution in [0.1, 0.15) is 22.3 Å². The van der Waals surface area contributed by atoms with Crippen LogP contribution >= 0.6 is 0 Å². The molecule has 0 radical (unpaired) electrons. The van der Waals surface area contributed by atoms with Crippen LogP contribution in [-0.2, 0) is 29.2 Å². The van der Waals surface area contributed by atoms with Crippen LogP contribution in [0.2, 0.25) is 0 Å². The Bertz CT molecular complexity index is 969. The second-order valence-electron chi connectivity index (χ2n) is 7.14. The number of nitrogens with one attached hydrogen (secondary N) is 2. The lowest BCUT2D eigenvalue weighted by molar-refractivity contribution is -0.125. The highest BCUT2D eigenvalue weighted by Crippen LogP contribution is 2.15. The van der Waals surface area contributed by atoms with Gasteiger partial charge in [-0.3, -0.25) is 9.59 Å². The summed E-state index contributed by atoms with van der Waals surface area (Å²) in [7, 11) is 0. The maximum absolute atomic E-state index is 12.0. The molecule has 3 aromatic rings. The first-order chi connectivity index (χ1) is 14.6. The Morgan fingerprint density at radius 2 is 1.50 bits per heavy atom. The molecule has 0 heterocycles. The van der Waals surface area contributed by atoms with Gasteiger partial charge in [-0.25, -0.2) is 0 Å². The summed E-state index contributed by atoms with van der Waals surface area (Å²) >= 11 is 0. The van der Waals surface area contributed by atoms with Crippen molar-refractivity contribution in [2.75, 3.05) is 6.54 Å². The van der Waals surface area contributed by atoms with Crippen molar-refractivity contribution in [1.82, 2.24) is 10.6 Å². The van der Waals surface area contributed by atoms with Gasteiger partial charge in [0, 0.05) is 6.54 Å². The fourth-order valence-electron chi connectivity index (χ4n) is 2.96. The Hall–Kier alpha value is -3.60. The van der Waals surface area contributed by atoms with Gasteiger partial charge in [0.25, 0.3) is 0 Å². The molecule has 2 N–H and O–H groups in total. The minimum Gasteiger partial charge on any atom is -0.489 e. The maximum atomic E-state index is 12.0. The summed E-state index contributed by atoms with van der Waals surface area (Å²) in [6.45, 7) is 2.93. The van der Waals surface area contributed by atoms with Crippen molar-refractivity contribution in [3.63, 3.8) is 0 Å². The number of aryl methyl sites for hydroxylation is 1. The number of carbonyl (C=O) groups excluding carboxylic acids is 2. The number of hydrogen-bond donors (Lipinski definition) is 2. The molecule has 5 heteroatoms. The molecule has 0 spiro atoms. The molecule has 0 aliphatic carbocycles. The van der Waals surface area contributed by atoms with Crippen molar-refractivity contribution in [3.05, 3.63) is 101 Å². The van der Waals surface area contributed by atoms with E-state index in [1.165, 1.54) is 5.56 Å². The molecule has 30 heavy (non-hydrogen) atoms. The van der Waals surface area contributed by atoms with E-state index in [0.29, 0.717) is 13.2 Å². The van der Waals surface area contributed by atoms with Gasteiger partial charge in [0.1, 0.15) is 12.4 Å². The highest BCUT2D eigenvalue weighted by Gasteiger charge is 2.06. The van der Waals surface area contributed by atoms with Gasteiger partial charge in [-0.1, -0.05) is 72.3 Å². The monoisotopic (exact) mass is 402 g/mol. The number of hydrogen-bond acceptors (Lipinski definition) is 3. The quantitative estimate of drug-likeness (QED) is 0.575. The van der Waals surface area contributed by atoms with E-state index in [9.17, 15) is 9.59 Å². The summed E-state index contributed by atoms with van der Waals surface area (Å²) in [5, 5.41) is 5.45. The van der Waals surface area contributed by atoms with Crippen molar-refractivity contribution >= 4 is 11.8 Å². The molecule has 3 rings (SSSR count). The van der Waals surface area contributed by atoms with Crippen LogP contribution in [0.4, 0.5) is 0 Å². The van der Waals surface area contributed by atoms with Gasteiger partial charge in [-0.05, 0) is 35.7 Å². The van der Waals surface area contributed by atoms with Gasteiger partial charge in [0.2, 0.25) is 11.8 Å². The summed E-state index contributed by atoms with van der Waals surface area (Å²) in [6, 6.07) is 25.3. The number of carbonyl (C=O) groups is 2. The second-order valence-corrected chi connectivity index (χ2v) is 7.14. The molecule has 0 fully saturated rings. The largest absolute Gasteiger partial charge is 0.489 e. The van der Waals surface area contributed by atoms with Gasteiger partial charge in [-0.15, -0.1) is 0 Å². The molecule has 0 saturated heterocycles. The molecular formula is C25H26N2O3. The standard InChI is InChI=1S/C25H26N2O3/c1-19-6-5-9-22(14-19)18-30-23-12-10-21(11-13-23)16-26-25(29)17-27-24(28)15-20-7-3-2-4-8-20/h2-14H,15-18H2,1H3,(H,26,29)(H,27,28). The van der Waals surface area contributed by atoms with Crippen LogP contribution in [0.25, 0.3) is 0 Å². The fourth-order valence-corrected chi connectivity index (χ4v) is 2.96. The third kappa shape index (κ3) is 7.09. The highest BCUT2D eigenvalue weighted by molar-refractivity contribution is 5.85. The summed E-state index contributed by atoms with van der Waals surface area (Å²) in [5.74, 6) is 0.377. The van der Waals surface area contributed by atoms with Crippen LogP contribution in [0.5, 0.6) is 5.75 Å². The van der Waals surface area contributed by atoms with E-state index in [0.717, 1.165) is 22.4 Å². The number of ether oxygens (including phenoxy) is 1. The molecule has 0 aromatic heterocycles. The van der Waals surface area contributed by atoms with Gasteiger partial charge in [0.05, 0.1) is 13.0 Å². The third-order valence-corrected chi connectivity index (χ3v) is 4.55. The van der Waals surface area contributed by atoms with E-state index in [4.69, 9.17) is 4.74 Å². The van der Waals surface area contributed by atoms with E-state index >= 15 is 0 Å². The SMILES string of the molecule is Cc1cccc(COc2ccc(CNC(=O)CNC(=O)Cc3ccccc3)cc2)c1. The average molecular weight is 402 g/mol. The Labute approximate surface area is 177 Å². The molecule has 3 aromatic carbocycles. The van der Waals surface area contributed by atoms with Gasteiger partial charge < -0.3 is 15.4 Å². The van der Waals surface area contributed by atoms with E-state index in [2.05, 4.69) is 29.7 Å². The van der Waals surface area contributed by atoms with Crippen LogP contribution in [0.15, 0.2) is 78.9 Å². The van der Waals surface area contributed by atoms with E-state index in [1.54, 1.807) is 0 Å². The molecule has 5 nitrogen and oxygen atoms in total. The minimum absolute atomic E-state index is 0.0383. The normalized spacial score (nSPS) is 10.3. The lowest BCUT2D eigenvalue weighted by Gasteiger charge is -2.09. The highest BCUT2D eigenvalue weighted by atomic mass is 16.5. The smallest absolute Gasteiger partial charge is 0.239 e. The van der Waals surface area contributed by atoms with Gasteiger partial charge in [-0.2, -0.15) is 0 Å². The number of amides is 2. The van der Waals surface area contributed by atoms with Crippen LogP contribution < -0.4 is 15.4 Å². The average Bonchev–Trinajstić information content (AvgIpc) is 2.76. The van der Waals surface area contributed by atoms with Crippen LogP contribution in [-0.4, -0.2) is 18.4 Å². The van der Waals surface area contributed by atoms with E-state index in [1.807, 2.05) is 66.7 Å². The zero-order valence-corrected chi connectivity index (χ0v) is 17.1. The summed E-state index contributed by atoms with van der Waals surface area (Å²) in [4.78, 5) is 23.9. The molecule has 0 atom stereocenters. The number of rotatable bonds is 9. The first-order valence-electron chi connectivity index (χ1n) is 9.93. The topological polar surface area (TPSA) is 67.4 Å². The summed E-state index contributed by atoms with van der Waals surface area (Å²) in [5.41, 5.74) is 4.21. The molecule has 154 valence electrons. The molecule has 0 unspecified atom stereocenters. The number of benzene rings is 3. The van der Waals surface area contributed by atoms with Crippen molar-refractivity contribution in [2.24, 2.45) is 0 Å². The summed E-state index contributed by atoms with van der Waals surface area (Å²) in [6.07, 6.45) is 0.262. The van der Waals surface area contributed by atoms with Crippen molar-refractivity contribution in [2.45, 2.75) is 26.5 Å². The van der Waals surface area contributed by atoms with E-state index in [-0.39, 0.29) is 24.8 Å². The lowest BCUT2D eigenvalue weighted by atomic mass is 10.1. The van der Waals surface area contributed by atoms with E-state index < -0.39 is 0 Å². The fraction of sp³-hybridized carbons (Fsp3) is 0.200. The van der Waals surface area contributed by atoms with Gasteiger partial charge in [0.15, 0.2) is 0 Å². The Morgan fingerprint density at radius 3 is 2.23 bits per heavy atom. The predicted octanol–water partition coefficient (Wildman–Crippen LogP) is 3.55. The summed E-state index contributed by atoms with van der Waals surface area (Å²) < 4.78 is 5.81. The molecule has 2 amide bonds. The van der Waals surface area contributed by atoms with Gasteiger partial charge >= 0.3 is 0 Å². The van der Waals surface area contributed by atoms with Crippen molar-refractivity contribution < 1.29 is 14.3 Å². The molecule has 0 aliphatic rings. The molecule has 0 saturated carbocycles. The lowest BCUT2D eigenvalue weighted by Crippen LogP contribution is -2.37. The zero-order valence-electron chi connectivity index (χ0n) is 17.1. The zero-order chi connectivity index (χ0) is 21.2. The van der Waals surface area contributed by atoms with Crippen LogP contribution in [0, 0.1) is 6.92 Å². The van der Waals surface area contributed by atoms with Crippen LogP contribution in [0.3, 0.4) is 0 Å².